The van der Waals surface area contributed by atoms with Gasteiger partial charge in [-0.2, -0.15) is 31.4 Å². The number of pyridine rings is 1. The highest BCUT2D eigenvalue weighted by molar-refractivity contribution is 5.94. The zero-order chi connectivity index (χ0) is 23.8. The van der Waals surface area contributed by atoms with Crippen molar-refractivity contribution in [3.05, 3.63) is 69.4 Å². The third kappa shape index (κ3) is 4.76. The smallest absolute Gasteiger partial charge is 0.435 e. The van der Waals surface area contributed by atoms with Crippen LogP contribution in [0.2, 0.25) is 0 Å². The summed E-state index contributed by atoms with van der Waals surface area (Å²) in [7, 11) is 1.32. The number of H-pyrrole nitrogens is 1. The van der Waals surface area contributed by atoms with Gasteiger partial charge in [0, 0.05) is 24.4 Å². The Labute approximate surface area is 175 Å². The van der Waals surface area contributed by atoms with Crippen LogP contribution in [-0.2, 0) is 26.0 Å². The molecule has 170 valence electrons. The molecule has 1 amide bonds. The molecule has 0 atom stereocenters. The van der Waals surface area contributed by atoms with E-state index in [4.69, 9.17) is 10.5 Å². The Bertz CT molecular complexity index is 1210. The molecule has 2 heterocycles. The number of benzene rings is 1. The highest BCUT2D eigenvalue weighted by Crippen LogP contribution is 2.36. The maximum atomic E-state index is 13.4. The second kappa shape index (κ2) is 8.05. The molecule has 0 bridgehead atoms. The summed E-state index contributed by atoms with van der Waals surface area (Å²) in [5.41, 5.74) is -0.185. The summed E-state index contributed by atoms with van der Waals surface area (Å²) in [6, 6.07) is 5.57. The molecule has 0 saturated carbocycles. The van der Waals surface area contributed by atoms with Gasteiger partial charge in [-0.3, -0.25) is 14.3 Å². The number of rotatable bonds is 5. The lowest BCUT2D eigenvalue weighted by atomic mass is 10.0. The second-order valence-corrected chi connectivity index (χ2v) is 6.65. The molecule has 2 aromatic heterocycles. The molecule has 0 aliphatic rings. The van der Waals surface area contributed by atoms with Crippen molar-refractivity contribution in [2.24, 2.45) is 12.8 Å². The summed E-state index contributed by atoms with van der Waals surface area (Å²) in [5, 5.41) is 3.35. The molecular formula is C19H14F6N4O3. The van der Waals surface area contributed by atoms with Crippen molar-refractivity contribution in [3.63, 3.8) is 0 Å². The minimum atomic E-state index is -4.94. The first-order chi connectivity index (χ1) is 14.8. The minimum Gasteiger partial charge on any atom is -0.489 e. The number of aromatic amines is 1. The van der Waals surface area contributed by atoms with Crippen molar-refractivity contribution in [1.82, 2.24) is 14.8 Å². The number of nitrogens with one attached hydrogen (secondary N) is 1. The summed E-state index contributed by atoms with van der Waals surface area (Å²) >= 11 is 0. The van der Waals surface area contributed by atoms with Crippen LogP contribution in [0.1, 0.15) is 27.3 Å². The van der Waals surface area contributed by atoms with Crippen LogP contribution in [0.15, 0.2) is 41.3 Å². The van der Waals surface area contributed by atoms with E-state index in [0.29, 0.717) is 0 Å². The average Bonchev–Trinajstić information content (AvgIpc) is 3.07. The Balaban J connectivity index is 1.91. The lowest BCUT2D eigenvalue weighted by Gasteiger charge is -2.14. The van der Waals surface area contributed by atoms with E-state index in [1.54, 1.807) is 4.98 Å². The minimum absolute atomic E-state index is 0.0409. The fourth-order valence-electron chi connectivity index (χ4n) is 2.94. The van der Waals surface area contributed by atoms with Gasteiger partial charge in [-0.1, -0.05) is 12.1 Å². The van der Waals surface area contributed by atoms with Crippen LogP contribution in [0, 0.1) is 0 Å². The number of nitrogens with two attached hydrogens (primary N) is 1. The van der Waals surface area contributed by atoms with E-state index in [9.17, 15) is 35.9 Å². The molecule has 7 nitrogen and oxygen atoms in total. The van der Waals surface area contributed by atoms with Crippen LogP contribution in [0.4, 0.5) is 26.3 Å². The van der Waals surface area contributed by atoms with Gasteiger partial charge < -0.3 is 15.5 Å². The van der Waals surface area contributed by atoms with Gasteiger partial charge in [0.25, 0.3) is 11.5 Å². The molecule has 0 fully saturated rings. The first-order valence-corrected chi connectivity index (χ1v) is 8.74. The van der Waals surface area contributed by atoms with E-state index in [1.165, 1.54) is 31.3 Å². The van der Waals surface area contributed by atoms with E-state index >= 15 is 0 Å². The summed E-state index contributed by atoms with van der Waals surface area (Å²) in [4.78, 5) is 24.7. The molecule has 32 heavy (non-hydrogen) atoms. The molecular weight excluding hydrogens is 446 g/mol. The Morgan fingerprint density at radius 3 is 2.28 bits per heavy atom. The average molecular weight is 460 g/mol. The summed E-state index contributed by atoms with van der Waals surface area (Å²) < 4.78 is 85.4. The third-order valence-corrected chi connectivity index (χ3v) is 4.32. The molecule has 0 unspecified atom stereocenters. The van der Waals surface area contributed by atoms with E-state index in [1.807, 2.05) is 0 Å². The van der Waals surface area contributed by atoms with Gasteiger partial charge in [0.2, 0.25) is 0 Å². The first kappa shape index (κ1) is 22.9. The van der Waals surface area contributed by atoms with Gasteiger partial charge in [-0.05, 0) is 23.8 Å². The number of aryl methyl sites for hydroxylation is 1. The van der Waals surface area contributed by atoms with E-state index in [2.05, 4.69) is 5.10 Å². The number of nitrogens with zero attached hydrogens (tertiary/aromatic N) is 2. The number of carbonyl (C=O) groups excluding carboxylic acids is 1. The Morgan fingerprint density at radius 2 is 1.75 bits per heavy atom. The highest BCUT2D eigenvalue weighted by atomic mass is 19.4. The van der Waals surface area contributed by atoms with Crippen molar-refractivity contribution in [2.45, 2.75) is 19.0 Å². The first-order valence-electron chi connectivity index (χ1n) is 8.74. The van der Waals surface area contributed by atoms with Crippen molar-refractivity contribution >= 4 is 5.91 Å². The Hall–Kier alpha value is -3.77. The zero-order valence-corrected chi connectivity index (χ0v) is 16.1. The quantitative estimate of drug-likeness (QED) is 0.569. The zero-order valence-electron chi connectivity index (χ0n) is 16.1. The van der Waals surface area contributed by atoms with E-state index < -0.39 is 52.9 Å². The standard InChI is InChI=1S/C19H14F6N4O3/c1-29-7-10(14(28-29)18(20,21)22)8-32-11-4-2-9(3-5-11)12-6-13(16(26)30)17(31)27-15(12)19(23,24)25/h2-7H,8H2,1H3,(H2,26,30)(H,27,31). The predicted molar refractivity (Wildman–Crippen MR) is 98.6 cm³/mol. The third-order valence-electron chi connectivity index (χ3n) is 4.32. The van der Waals surface area contributed by atoms with Crippen LogP contribution in [0.3, 0.4) is 0 Å². The molecule has 0 saturated heterocycles. The number of halogens is 6. The van der Waals surface area contributed by atoms with Gasteiger partial charge in [0.15, 0.2) is 5.69 Å². The van der Waals surface area contributed by atoms with Crippen molar-refractivity contribution < 1.29 is 35.9 Å². The molecule has 0 spiro atoms. The van der Waals surface area contributed by atoms with Gasteiger partial charge >= 0.3 is 12.4 Å². The molecule has 13 heteroatoms. The van der Waals surface area contributed by atoms with E-state index in [-0.39, 0.29) is 16.9 Å². The molecule has 3 aromatic rings. The normalized spacial score (nSPS) is 12.1. The summed E-state index contributed by atoms with van der Waals surface area (Å²) in [6.07, 6.45) is -8.48. The molecule has 1 aromatic carbocycles. The fraction of sp³-hybridized carbons (Fsp3) is 0.211. The number of aromatic nitrogens is 3. The Kier molecular flexibility index (Phi) is 5.76. The molecule has 0 aliphatic carbocycles. The van der Waals surface area contributed by atoms with Gasteiger partial charge in [0.1, 0.15) is 23.6 Å². The predicted octanol–water partition coefficient (Wildman–Crippen LogP) is 3.49. The highest BCUT2D eigenvalue weighted by Gasteiger charge is 2.37. The number of alkyl halides is 6. The maximum Gasteiger partial charge on any atom is 0.435 e. The lowest BCUT2D eigenvalue weighted by molar-refractivity contribution is -0.142. The number of ether oxygens (including phenoxy) is 1. The van der Waals surface area contributed by atoms with Gasteiger partial charge in [0.05, 0.1) is 0 Å². The number of amides is 1. The number of primary amides is 1. The van der Waals surface area contributed by atoms with Gasteiger partial charge in [-0.15, -0.1) is 0 Å². The lowest BCUT2D eigenvalue weighted by Crippen LogP contribution is -2.27. The van der Waals surface area contributed by atoms with Crippen molar-refractivity contribution in [3.8, 4) is 16.9 Å². The summed E-state index contributed by atoms with van der Waals surface area (Å²) in [5.74, 6) is -1.14. The molecule has 3 N–H and O–H groups in total. The van der Waals surface area contributed by atoms with Crippen molar-refractivity contribution in [2.75, 3.05) is 0 Å². The van der Waals surface area contributed by atoms with Gasteiger partial charge in [-0.25, -0.2) is 0 Å². The molecule has 0 aliphatic heterocycles. The van der Waals surface area contributed by atoms with Crippen LogP contribution in [0.25, 0.3) is 11.1 Å². The van der Waals surface area contributed by atoms with Crippen LogP contribution >= 0.6 is 0 Å². The maximum absolute atomic E-state index is 13.4. The monoisotopic (exact) mass is 460 g/mol. The number of carbonyl (C=O) groups is 1. The topological polar surface area (TPSA) is 103 Å². The molecule has 3 rings (SSSR count). The van der Waals surface area contributed by atoms with Crippen LogP contribution < -0.4 is 16.0 Å². The second-order valence-electron chi connectivity index (χ2n) is 6.65. The SMILES string of the molecule is Cn1cc(COc2ccc(-c3cc(C(N)=O)c(=O)[nH]c3C(F)(F)F)cc2)c(C(F)(F)F)n1. The largest absolute Gasteiger partial charge is 0.489 e. The number of hydrogen-bond donors (Lipinski definition) is 2. The van der Waals surface area contributed by atoms with E-state index in [0.717, 1.165) is 16.9 Å². The van der Waals surface area contributed by atoms with Crippen LogP contribution in [0.5, 0.6) is 5.75 Å². The summed E-state index contributed by atoms with van der Waals surface area (Å²) in [6.45, 7) is -0.486. The molecule has 0 radical (unpaired) electrons. The number of hydrogen-bond acceptors (Lipinski definition) is 4. The van der Waals surface area contributed by atoms with Crippen LogP contribution in [-0.4, -0.2) is 20.7 Å². The van der Waals surface area contributed by atoms with Crippen molar-refractivity contribution in [1.29, 1.82) is 0 Å². The fourth-order valence-corrected chi connectivity index (χ4v) is 2.94. The Morgan fingerprint density at radius 1 is 1.12 bits per heavy atom.